The molecule has 0 bridgehead atoms. The molecule has 0 nitrogen and oxygen atoms in total. The monoisotopic (exact) mass is 198 g/mol. The first kappa shape index (κ1) is 10.2. The van der Waals surface area contributed by atoms with Crippen molar-refractivity contribution in [2.45, 2.75) is 26.7 Å². The first-order chi connectivity index (χ1) is 7.29. The van der Waals surface area contributed by atoms with Gasteiger partial charge in [0.25, 0.3) is 0 Å². The van der Waals surface area contributed by atoms with E-state index in [-0.39, 0.29) is 0 Å². The Morgan fingerprint density at radius 1 is 1.20 bits per heavy atom. The van der Waals surface area contributed by atoms with Crippen LogP contribution in [0.3, 0.4) is 0 Å². The molecule has 0 heterocycles. The van der Waals surface area contributed by atoms with E-state index < -0.39 is 0 Å². The highest BCUT2D eigenvalue weighted by Gasteiger charge is 2.07. The normalized spacial score (nSPS) is 20.1. The maximum atomic E-state index is 2.36. The Morgan fingerprint density at radius 3 is 2.47 bits per heavy atom. The van der Waals surface area contributed by atoms with Gasteiger partial charge >= 0.3 is 0 Å². The second-order valence-electron chi connectivity index (χ2n) is 4.29. The van der Waals surface area contributed by atoms with Crippen LogP contribution in [0.15, 0.2) is 42.5 Å². The molecule has 0 fully saturated rings. The lowest BCUT2D eigenvalue weighted by atomic mass is 9.91. The first-order valence-corrected chi connectivity index (χ1v) is 5.75. The van der Waals surface area contributed by atoms with Gasteiger partial charge in [0.1, 0.15) is 0 Å². The molecule has 0 saturated carbocycles. The highest BCUT2D eigenvalue weighted by atomic mass is 14.1. The summed E-state index contributed by atoms with van der Waals surface area (Å²) in [5, 5.41) is 0. The van der Waals surface area contributed by atoms with Crippen molar-refractivity contribution in [2.24, 2.45) is 5.92 Å². The van der Waals surface area contributed by atoms with Crippen LogP contribution in [0.2, 0.25) is 0 Å². The van der Waals surface area contributed by atoms with E-state index in [2.05, 4.69) is 56.3 Å². The van der Waals surface area contributed by atoms with E-state index in [0.29, 0.717) is 0 Å². The van der Waals surface area contributed by atoms with Crippen molar-refractivity contribution < 1.29 is 0 Å². The third-order valence-corrected chi connectivity index (χ3v) is 3.10. The highest BCUT2D eigenvalue weighted by molar-refractivity contribution is 5.74. The molecule has 1 aliphatic carbocycles. The van der Waals surface area contributed by atoms with Crippen LogP contribution in [0.4, 0.5) is 0 Å². The van der Waals surface area contributed by atoms with Crippen LogP contribution in [0.5, 0.6) is 0 Å². The number of aryl methyl sites for hydroxylation is 1. The van der Waals surface area contributed by atoms with Crippen LogP contribution in [-0.4, -0.2) is 0 Å². The van der Waals surface area contributed by atoms with Crippen molar-refractivity contribution in [3.05, 3.63) is 53.6 Å². The fourth-order valence-electron chi connectivity index (χ4n) is 1.93. The summed E-state index contributed by atoms with van der Waals surface area (Å²) in [6, 6.07) is 8.77. The topological polar surface area (TPSA) is 0 Å². The number of rotatable bonds is 2. The Kier molecular flexibility index (Phi) is 3.05. The van der Waals surface area contributed by atoms with Gasteiger partial charge in [0.05, 0.1) is 0 Å². The van der Waals surface area contributed by atoms with Crippen LogP contribution >= 0.6 is 0 Å². The van der Waals surface area contributed by atoms with Crippen molar-refractivity contribution in [3.8, 4) is 0 Å². The molecule has 0 heteroatoms. The third kappa shape index (κ3) is 2.38. The van der Waals surface area contributed by atoms with Crippen LogP contribution in [0.25, 0.3) is 5.57 Å². The number of hydrogen-bond acceptors (Lipinski definition) is 0. The fraction of sp³-hybridized carbons (Fsp3) is 0.333. The average Bonchev–Trinajstić information content (AvgIpc) is 2.30. The van der Waals surface area contributed by atoms with Gasteiger partial charge in [-0.25, -0.2) is 0 Å². The zero-order valence-electron chi connectivity index (χ0n) is 9.53. The molecule has 78 valence electrons. The number of hydrogen-bond donors (Lipinski definition) is 0. The quantitative estimate of drug-likeness (QED) is 0.662. The highest BCUT2D eigenvalue weighted by Crippen LogP contribution is 2.25. The minimum absolute atomic E-state index is 0.749. The van der Waals surface area contributed by atoms with Crippen LogP contribution < -0.4 is 0 Å². The predicted molar refractivity (Wildman–Crippen MR) is 66.7 cm³/mol. The Morgan fingerprint density at radius 2 is 1.93 bits per heavy atom. The number of benzene rings is 1. The second kappa shape index (κ2) is 4.48. The molecule has 2 rings (SSSR count). The lowest BCUT2D eigenvalue weighted by molar-refractivity contribution is 0.634. The van der Waals surface area contributed by atoms with Gasteiger partial charge in [-0.2, -0.15) is 0 Å². The van der Waals surface area contributed by atoms with Gasteiger partial charge in [0.15, 0.2) is 0 Å². The van der Waals surface area contributed by atoms with Crippen molar-refractivity contribution in [3.63, 3.8) is 0 Å². The molecule has 0 N–H and O–H groups in total. The van der Waals surface area contributed by atoms with E-state index in [1.54, 1.807) is 0 Å². The molecule has 0 spiro atoms. The standard InChI is InChI=1S/C15H18/c1-3-13-6-10-15(11-7-13)14-8-4-12(2)5-9-14/h4-6,8-11,13H,3,7H2,1-2H3. The van der Waals surface area contributed by atoms with E-state index in [1.165, 1.54) is 29.5 Å². The van der Waals surface area contributed by atoms with E-state index >= 15 is 0 Å². The molecule has 1 unspecified atom stereocenters. The zero-order valence-corrected chi connectivity index (χ0v) is 9.53. The second-order valence-corrected chi connectivity index (χ2v) is 4.29. The summed E-state index contributed by atoms with van der Waals surface area (Å²) in [6.45, 7) is 4.38. The van der Waals surface area contributed by atoms with E-state index in [4.69, 9.17) is 0 Å². The molecular formula is C15H18. The van der Waals surface area contributed by atoms with E-state index in [9.17, 15) is 0 Å². The summed E-state index contributed by atoms with van der Waals surface area (Å²) in [5.41, 5.74) is 4.04. The Bertz CT molecular complexity index is 379. The van der Waals surface area contributed by atoms with Gasteiger partial charge in [0, 0.05) is 0 Å². The minimum Gasteiger partial charge on any atom is -0.0805 e. The van der Waals surface area contributed by atoms with Crippen molar-refractivity contribution in [2.75, 3.05) is 0 Å². The lowest BCUT2D eigenvalue weighted by Gasteiger charge is -2.14. The molecule has 1 aromatic carbocycles. The van der Waals surface area contributed by atoms with Crippen molar-refractivity contribution in [1.82, 2.24) is 0 Å². The largest absolute Gasteiger partial charge is 0.0805 e. The fourth-order valence-corrected chi connectivity index (χ4v) is 1.93. The van der Waals surface area contributed by atoms with Crippen molar-refractivity contribution >= 4 is 5.57 Å². The Labute approximate surface area is 92.3 Å². The van der Waals surface area contributed by atoms with Gasteiger partial charge in [0.2, 0.25) is 0 Å². The van der Waals surface area contributed by atoms with Gasteiger partial charge in [-0.3, -0.25) is 0 Å². The molecule has 0 amide bonds. The molecule has 0 aliphatic heterocycles. The smallest absolute Gasteiger partial charge is 0.0187 e. The minimum atomic E-state index is 0.749. The first-order valence-electron chi connectivity index (χ1n) is 5.75. The summed E-state index contributed by atoms with van der Waals surface area (Å²) in [5.74, 6) is 0.749. The van der Waals surface area contributed by atoms with Crippen LogP contribution in [0, 0.1) is 12.8 Å². The summed E-state index contributed by atoms with van der Waals surface area (Å²) >= 11 is 0. The average molecular weight is 198 g/mol. The zero-order chi connectivity index (χ0) is 10.7. The van der Waals surface area contributed by atoms with Crippen molar-refractivity contribution in [1.29, 1.82) is 0 Å². The van der Waals surface area contributed by atoms with Gasteiger partial charge in [-0.1, -0.05) is 55.0 Å². The summed E-state index contributed by atoms with van der Waals surface area (Å²) < 4.78 is 0. The van der Waals surface area contributed by atoms with E-state index in [1.807, 2.05) is 0 Å². The van der Waals surface area contributed by atoms with Crippen LogP contribution in [-0.2, 0) is 0 Å². The molecular weight excluding hydrogens is 180 g/mol. The Balaban J connectivity index is 2.17. The SMILES string of the molecule is CCC1C=CC(c2ccc(C)cc2)=CC1. The molecule has 0 radical (unpaired) electrons. The van der Waals surface area contributed by atoms with Crippen LogP contribution in [0.1, 0.15) is 30.9 Å². The van der Waals surface area contributed by atoms with Gasteiger partial charge in [-0.15, -0.1) is 0 Å². The van der Waals surface area contributed by atoms with Gasteiger partial charge in [-0.05, 0) is 36.8 Å². The maximum absolute atomic E-state index is 2.36. The Hall–Kier alpha value is -1.30. The molecule has 1 atom stereocenters. The molecule has 15 heavy (non-hydrogen) atoms. The number of allylic oxidation sites excluding steroid dienone is 4. The summed E-state index contributed by atoms with van der Waals surface area (Å²) in [6.07, 6.45) is 9.40. The summed E-state index contributed by atoms with van der Waals surface area (Å²) in [7, 11) is 0. The molecule has 1 aliphatic rings. The summed E-state index contributed by atoms with van der Waals surface area (Å²) in [4.78, 5) is 0. The van der Waals surface area contributed by atoms with Gasteiger partial charge < -0.3 is 0 Å². The lowest BCUT2D eigenvalue weighted by Crippen LogP contribution is -1.97. The third-order valence-electron chi connectivity index (χ3n) is 3.10. The molecule has 1 aromatic rings. The van der Waals surface area contributed by atoms with E-state index in [0.717, 1.165) is 5.92 Å². The molecule has 0 aromatic heterocycles. The maximum Gasteiger partial charge on any atom is -0.0187 e. The molecule has 0 saturated heterocycles. The predicted octanol–water partition coefficient (Wildman–Crippen LogP) is 4.36.